The zero-order valence-electron chi connectivity index (χ0n) is 12.1. The summed E-state index contributed by atoms with van der Waals surface area (Å²) in [5.74, 6) is -0.0186. The van der Waals surface area contributed by atoms with Crippen LogP contribution in [0.15, 0.2) is 18.2 Å². The maximum atomic E-state index is 13.4. The first-order chi connectivity index (χ1) is 9.50. The third kappa shape index (κ3) is 3.18. The van der Waals surface area contributed by atoms with Crippen LogP contribution in [0.2, 0.25) is 0 Å². The highest BCUT2D eigenvalue weighted by atomic mass is 19.1. The number of nitrogens with two attached hydrogens (primary N) is 1. The molecule has 0 aliphatic heterocycles. The number of aryl methyl sites for hydroxylation is 1. The van der Waals surface area contributed by atoms with Crippen molar-refractivity contribution in [2.24, 2.45) is 17.1 Å². The maximum absolute atomic E-state index is 13.4. The molecule has 20 heavy (non-hydrogen) atoms. The van der Waals surface area contributed by atoms with Gasteiger partial charge in [-0.3, -0.25) is 4.79 Å². The second kappa shape index (κ2) is 5.92. The van der Waals surface area contributed by atoms with Crippen LogP contribution in [0.1, 0.15) is 30.4 Å². The van der Waals surface area contributed by atoms with Gasteiger partial charge in [-0.05, 0) is 48.9 Å². The number of carbonyl (C=O) groups excluding carboxylic acids is 1. The van der Waals surface area contributed by atoms with Crippen LogP contribution in [-0.2, 0) is 16.0 Å². The molecule has 0 amide bonds. The fourth-order valence-corrected chi connectivity index (χ4v) is 2.75. The van der Waals surface area contributed by atoms with E-state index in [4.69, 9.17) is 10.5 Å². The molecule has 1 aromatic rings. The summed E-state index contributed by atoms with van der Waals surface area (Å²) in [5.41, 5.74) is 6.98. The topological polar surface area (TPSA) is 52.3 Å². The van der Waals surface area contributed by atoms with Crippen LogP contribution in [0.25, 0.3) is 0 Å². The predicted molar refractivity (Wildman–Crippen MR) is 75.7 cm³/mol. The third-order valence-corrected chi connectivity index (χ3v) is 4.23. The molecule has 0 radical (unpaired) electrons. The minimum absolute atomic E-state index is 0.228. The van der Waals surface area contributed by atoms with Gasteiger partial charge in [0, 0.05) is 6.54 Å². The minimum atomic E-state index is -0.728. The van der Waals surface area contributed by atoms with Crippen molar-refractivity contribution < 1.29 is 13.9 Å². The fraction of sp³-hybridized carbons (Fsp3) is 0.562. The van der Waals surface area contributed by atoms with E-state index in [1.165, 1.54) is 19.2 Å². The lowest BCUT2D eigenvalue weighted by molar-refractivity contribution is -0.153. The second-order valence-corrected chi connectivity index (χ2v) is 5.87. The molecule has 2 N–H and O–H groups in total. The van der Waals surface area contributed by atoms with E-state index in [0.29, 0.717) is 12.3 Å². The van der Waals surface area contributed by atoms with Crippen LogP contribution in [0.4, 0.5) is 4.39 Å². The fourth-order valence-electron chi connectivity index (χ4n) is 2.75. The Bertz CT molecular complexity index is 499. The molecule has 1 fully saturated rings. The lowest BCUT2D eigenvalue weighted by atomic mass is 9.76. The van der Waals surface area contributed by atoms with E-state index in [-0.39, 0.29) is 18.3 Å². The van der Waals surface area contributed by atoms with Gasteiger partial charge in [-0.25, -0.2) is 4.39 Å². The molecule has 0 saturated heterocycles. The van der Waals surface area contributed by atoms with Crippen LogP contribution in [0.5, 0.6) is 0 Å². The first-order valence-corrected chi connectivity index (χ1v) is 7.04. The van der Waals surface area contributed by atoms with Crippen molar-refractivity contribution in [3.8, 4) is 0 Å². The highest BCUT2D eigenvalue weighted by Crippen LogP contribution is 2.42. The van der Waals surface area contributed by atoms with E-state index < -0.39 is 5.41 Å². The lowest BCUT2D eigenvalue weighted by Gasteiger charge is -2.30. The summed E-state index contributed by atoms with van der Waals surface area (Å²) in [4.78, 5) is 12.2. The molecule has 0 heterocycles. The van der Waals surface area contributed by atoms with E-state index in [9.17, 15) is 9.18 Å². The van der Waals surface area contributed by atoms with Crippen molar-refractivity contribution in [2.75, 3.05) is 13.7 Å². The van der Waals surface area contributed by atoms with Gasteiger partial charge < -0.3 is 10.5 Å². The van der Waals surface area contributed by atoms with Gasteiger partial charge in [0.25, 0.3) is 0 Å². The predicted octanol–water partition coefficient (Wildman–Crippen LogP) is 2.59. The summed E-state index contributed by atoms with van der Waals surface area (Å²) in [5, 5.41) is 0. The molecule has 1 aliphatic rings. The van der Waals surface area contributed by atoms with E-state index in [1.54, 1.807) is 6.07 Å². The Morgan fingerprint density at radius 2 is 2.20 bits per heavy atom. The van der Waals surface area contributed by atoms with Gasteiger partial charge in [0.15, 0.2) is 0 Å². The molecule has 1 aromatic carbocycles. The molecule has 4 heteroatoms. The van der Waals surface area contributed by atoms with E-state index in [0.717, 1.165) is 30.4 Å². The van der Waals surface area contributed by atoms with Gasteiger partial charge in [0.2, 0.25) is 0 Å². The summed E-state index contributed by atoms with van der Waals surface area (Å²) in [6.07, 6.45) is 3.45. The van der Waals surface area contributed by atoms with Gasteiger partial charge in [-0.15, -0.1) is 0 Å². The summed E-state index contributed by atoms with van der Waals surface area (Å²) >= 11 is 0. The Morgan fingerprint density at radius 3 is 2.75 bits per heavy atom. The SMILES string of the molecule is COC(=O)C(CN)(Cc1cc(F)ccc1C)CC1CC1. The highest BCUT2D eigenvalue weighted by Gasteiger charge is 2.43. The molecule has 1 atom stereocenters. The quantitative estimate of drug-likeness (QED) is 0.814. The van der Waals surface area contributed by atoms with Crippen molar-refractivity contribution in [3.63, 3.8) is 0 Å². The largest absolute Gasteiger partial charge is 0.469 e. The Labute approximate surface area is 119 Å². The third-order valence-electron chi connectivity index (χ3n) is 4.23. The van der Waals surface area contributed by atoms with E-state index in [2.05, 4.69) is 0 Å². The Kier molecular flexibility index (Phi) is 4.43. The van der Waals surface area contributed by atoms with Crippen LogP contribution >= 0.6 is 0 Å². The van der Waals surface area contributed by atoms with Gasteiger partial charge in [-0.1, -0.05) is 18.9 Å². The molecule has 0 aromatic heterocycles. The number of halogens is 1. The molecular formula is C16H22FNO2. The number of ether oxygens (including phenoxy) is 1. The van der Waals surface area contributed by atoms with Crippen LogP contribution < -0.4 is 5.73 Å². The molecular weight excluding hydrogens is 257 g/mol. The normalized spacial score (nSPS) is 17.6. The summed E-state index contributed by atoms with van der Waals surface area (Å²) in [6.45, 7) is 2.15. The second-order valence-electron chi connectivity index (χ2n) is 5.87. The first-order valence-electron chi connectivity index (χ1n) is 7.04. The van der Waals surface area contributed by atoms with E-state index in [1.807, 2.05) is 6.92 Å². The minimum Gasteiger partial charge on any atom is -0.469 e. The number of carbonyl (C=O) groups is 1. The van der Waals surface area contributed by atoms with Crippen molar-refractivity contribution in [1.82, 2.24) is 0 Å². The van der Waals surface area contributed by atoms with Crippen molar-refractivity contribution in [2.45, 2.75) is 32.6 Å². The summed E-state index contributed by atoms with van der Waals surface area (Å²) < 4.78 is 18.4. The Hall–Kier alpha value is -1.42. The standard InChI is InChI=1S/C16H22FNO2/c1-11-3-6-14(17)7-13(11)9-16(10-18,15(19)20-2)8-12-4-5-12/h3,6-7,12H,4-5,8-10,18H2,1-2H3. The van der Waals surface area contributed by atoms with Gasteiger partial charge in [-0.2, -0.15) is 0 Å². The Balaban J connectivity index is 2.30. The number of hydrogen-bond donors (Lipinski definition) is 1. The zero-order chi connectivity index (χ0) is 14.8. The van der Waals surface area contributed by atoms with Gasteiger partial charge in [0.1, 0.15) is 5.82 Å². The van der Waals surface area contributed by atoms with Gasteiger partial charge in [0.05, 0.1) is 12.5 Å². The molecule has 1 saturated carbocycles. The van der Waals surface area contributed by atoms with Crippen molar-refractivity contribution in [1.29, 1.82) is 0 Å². The molecule has 0 spiro atoms. The number of hydrogen-bond acceptors (Lipinski definition) is 3. The number of benzene rings is 1. The smallest absolute Gasteiger partial charge is 0.313 e. The monoisotopic (exact) mass is 279 g/mol. The van der Waals surface area contributed by atoms with Crippen molar-refractivity contribution in [3.05, 3.63) is 35.1 Å². The van der Waals surface area contributed by atoms with Crippen LogP contribution in [-0.4, -0.2) is 19.6 Å². The highest BCUT2D eigenvalue weighted by molar-refractivity contribution is 5.77. The summed E-state index contributed by atoms with van der Waals surface area (Å²) in [7, 11) is 1.39. The summed E-state index contributed by atoms with van der Waals surface area (Å²) in [6, 6.07) is 4.66. The molecule has 110 valence electrons. The Morgan fingerprint density at radius 1 is 1.50 bits per heavy atom. The van der Waals surface area contributed by atoms with E-state index >= 15 is 0 Å². The van der Waals surface area contributed by atoms with Crippen LogP contribution in [0.3, 0.4) is 0 Å². The molecule has 3 nitrogen and oxygen atoms in total. The zero-order valence-corrected chi connectivity index (χ0v) is 12.1. The van der Waals surface area contributed by atoms with Crippen molar-refractivity contribution >= 4 is 5.97 Å². The lowest BCUT2D eigenvalue weighted by Crippen LogP contribution is -2.42. The molecule has 1 unspecified atom stereocenters. The molecule has 2 rings (SSSR count). The van der Waals surface area contributed by atoms with Gasteiger partial charge >= 0.3 is 5.97 Å². The number of esters is 1. The molecule has 0 bridgehead atoms. The number of rotatable bonds is 6. The maximum Gasteiger partial charge on any atom is 0.313 e. The average molecular weight is 279 g/mol. The average Bonchev–Trinajstić information content (AvgIpc) is 3.25. The molecule has 1 aliphatic carbocycles. The van der Waals surface area contributed by atoms with Crippen LogP contribution in [0, 0.1) is 24.1 Å². The first kappa shape index (κ1) is 15.0. The number of methoxy groups -OCH3 is 1.